The minimum atomic E-state index is -0.862. The maximum absolute atomic E-state index is 12.2. The summed E-state index contributed by atoms with van der Waals surface area (Å²) in [5, 5.41) is 4.84. The van der Waals surface area contributed by atoms with E-state index in [2.05, 4.69) is 23.8 Å². The van der Waals surface area contributed by atoms with Gasteiger partial charge in [0.2, 0.25) is 0 Å². The molecular formula is C28H36N2O10S. The van der Waals surface area contributed by atoms with Gasteiger partial charge in [-0.15, -0.1) is 0 Å². The summed E-state index contributed by atoms with van der Waals surface area (Å²) in [4.78, 5) is 58.9. The standard InChI is InChI=1S/C28H36N2O10S/c1-20(2)25(32)37-15-12-29-27(34)39-18-23(40-28(35)30-13-16-38-26(33)21(3)4)19-41-17-11-24(31)36-14-10-22-8-6-5-7-9-22/h5-10,14,23H,1,3,11-13,15-19H2,2,4H3,(H,29,34)(H,30,35)/b14-10+. The molecule has 1 rings (SSSR count). The van der Waals surface area contributed by atoms with Crippen molar-refractivity contribution in [1.82, 2.24) is 10.6 Å². The zero-order chi connectivity index (χ0) is 30.5. The normalized spacial score (nSPS) is 11.1. The summed E-state index contributed by atoms with van der Waals surface area (Å²) in [5.74, 6) is -1.04. The number of hydrogen-bond donors (Lipinski definition) is 2. The number of alkyl carbamates (subject to hydrolysis) is 2. The van der Waals surface area contributed by atoms with Crippen LogP contribution in [-0.4, -0.2) is 80.6 Å². The van der Waals surface area contributed by atoms with E-state index in [0.717, 1.165) is 5.56 Å². The molecule has 1 aromatic carbocycles. The highest BCUT2D eigenvalue weighted by molar-refractivity contribution is 7.99. The number of ether oxygens (including phenoxy) is 5. The third kappa shape index (κ3) is 17.9. The van der Waals surface area contributed by atoms with Gasteiger partial charge in [-0.3, -0.25) is 4.79 Å². The maximum atomic E-state index is 12.2. The van der Waals surface area contributed by atoms with Crippen LogP contribution < -0.4 is 10.6 Å². The van der Waals surface area contributed by atoms with Gasteiger partial charge in [0.05, 0.1) is 25.8 Å². The predicted molar refractivity (Wildman–Crippen MR) is 153 cm³/mol. The molecular weight excluding hydrogens is 556 g/mol. The Kier molecular flexibility index (Phi) is 17.5. The van der Waals surface area contributed by atoms with Gasteiger partial charge < -0.3 is 34.3 Å². The zero-order valence-corrected chi connectivity index (χ0v) is 24.0. The van der Waals surface area contributed by atoms with Crippen LogP contribution in [0.3, 0.4) is 0 Å². The Hall–Kier alpha value is -4.26. The fraction of sp³-hybridized carbons (Fsp3) is 0.393. The Balaban J connectivity index is 2.46. The van der Waals surface area contributed by atoms with Crippen LogP contribution in [0.5, 0.6) is 0 Å². The molecule has 1 aromatic rings. The fourth-order valence-corrected chi connectivity index (χ4v) is 3.46. The molecule has 224 valence electrons. The van der Waals surface area contributed by atoms with Gasteiger partial charge in [0.25, 0.3) is 0 Å². The molecule has 0 aliphatic heterocycles. The quantitative estimate of drug-likeness (QED) is 0.0847. The first-order valence-electron chi connectivity index (χ1n) is 12.6. The number of esters is 3. The number of carbonyl (C=O) groups is 5. The number of amides is 2. The number of benzene rings is 1. The van der Waals surface area contributed by atoms with E-state index in [9.17, 15) is 24.0 Å². The Bertz CT molecular complexity index is 1070. The van der Waals surface area contributed by atoms with E-state index in [1.54, 1.807) is 6.08 Å². The highest BCUT2D eigenvalue weighted by atomic mass is 32.2. The third-order valence-corrected chi connectivity index (χ3v) is 5.69. The molecule has 2 N–H and O–H groups in total. The number of rotatable bonds is 18. The minimum absolute atomic E-state index is 0.00233. The van der Waals surface area contributed by atoms with Gasteiger partial charge in [-0.2, -0.15) is 11.8 Å². The van der Waals surface area contributed by atoms with Gasteiger partial charge in [-0.1, -0.05) is 43.5 Å². The first kappa shape index (κ1) is 34.8. The lowest BCUT2D eigenvalue weighted by Gasteiger charge is -2.18. The van der Waals surface area contributed by atoms with Crippen LogP contribution in [0.2, 0.25) is 0 Å². The van der Waals surface area contributed by atoms with Crippen LogP contribution in [0.4, 0.5) is 9.59 Å². The van der Waals surface area contributed by atoms with Gasteiger partial charge in [-0.25, -0.2) is 19.2 Å². The van der Waals surface area contributed by atoms with Crippen LogP contribution >= 0.6 is 11.8 Å². The van der Waals surface area contributed by atoms with Gasteiger partial charge in [0, 0.05) is 22.7 Å². The lowest BCUT2D eigenvalue weighted by atomic mass is 10.2. The smallest absolute Gasteiger partial charge is 0.407 e. The molecule has 13 heteroatoms. The molecule has 12 nitrogen and oxygen atoms in total. The topological polar surface area (TPSA) is 156 Å². The van der Waals surface area contributed by atoms with Crippen LogP contribution in [0, 0.1) is 0 Å². The van der Waals surface area contributed by atoms with Crippen molar-refractivity contribution in [1.29, 1.82) is 0 Å². The highest BCUT2D eigenvalue weighted by Crippen LogP contribution is 2.10. The van der Waals surface area contributed by atoms with E-state index in [0.29, 0.717) is 5.75 Å². The molecule has 0 aliphatic rings. The number of nitrogens with one attached hydrogen (secondary N) is 2. The summed E-state index contributed by atoms with van der Waals surface area (Å²) >= 11 is 1.29. The summed E-state index contributed by atoms with van der Waals surface area (Å²) in [7, 11) is 0. The van der Waals surface area contributed by atoms with E-state index in [1.807, 2.05) is 30.3 Å². The maximum Gasteiger partial charge on any atom is 0.407 e. The molecule has 1 unspecified atom stereocenters. The van der Waals surface area contributed by atoms with Crippen molar-refractivity contribution in [3.8, 4) is 0 Å². The summed E-state index contributed by atoms with van der Waals surface area (Å²) in [5.41, 5.74) is 1.35. The Labute approximate surface area is 243 Å². The van der Waals surface area contributed by atoms with E-state index >= 15 is 0 Å². The average molecular weight is 593 g/mol. The Morgan fingerprint density at radius 1 is 0.878 bits per heavy atom. The van der Waals surface area contributed by atoms with Crippen LogP contribution in [0.25, 0.3) is 6.08 Å². The van der Waals surface area contributed by atoms with Crippen molar-refractivity contribution < 1.29 is 47.7 Å². The van der Waals surface area contributed by atoms with E-state index in [4.69, 9.17) is 23.7 Å². The minimum Gasteiger partial charge on any atom is -0.460 e. The molecule has 0 aliphatic carbocycles. The van der Waals surface area contributed by atoms with Gasteiger partial charge in [0.15, 0.2) is 0 Å². The van der Waals surface area contributed by atoms with Crippen LogP contribution in [0.1, 0.15) is 25.8 Å². The second-order valence-electron chi connectivity index (χ2n) is 8.34. The Morgan fingerprint density at radius 2 is 1.46 bits per heavy atom. The van der Waals surface area contributed by atoms with E-state index in [1.165, 1.54) is 31.9 Å². The number of hydrogen-bond acceptors (Lipinski definition) is 11. The molecule has 0 fully saturated rings. The molecule has 0 heterocycles. The first-order chi connectivity index (χ1) is 19.6. The van der Waals surface area contributed by atoms with Crippen molar-refractivity contribution in [3.63, 3.8) is 0 Å². The lowest BCUT2D eigenvalue weighted by molar-refractivity contribution is -0.139. The van der Waals surface area contributed by atoms with Gasteiger partial charge in [0.1, 0.15) is 25.9 Å². The van der Waals surface area contributed by atoms with Crippen molar-refractivity contribution in [2.24, 2.45) is 0 Å². The molecule has 0 spiro atoms. The third-order valence-electron chi connectivity index (χ3n) is 4.59. The summed E-state index contributed by atoms with van der Waals surface area (Å²) in [6.07, 6.45) is 0.594. The lowest BCUT2D eigenvalue weighted by Crippen LogP contribution is -2.37. The molecule has 2 amide bonds. The van der Waals surface area contributed by atoms with E-state index in [-0.39, 0.29) is 56.2 Å². The summed E-state index contributed by atoms with van der Waals surface area (Å²) in [6, 6.07) is 9.35. The second kappa shape index (κ2) is 20.6. The van der Waals surface area contributed by atoms with Gasteiger partial charge >= 0.3 is 30.1 Å². The highest BCUT2D eigenvalue weighted by Gasteiger charge is 2.18. The van der Waals surface area contributed by atoms with Crippen molar-refractivity contribution in [2.75, 3.05) is 44.4 Å². The Morgan fingerprint density at radius 3 is 2.05 bits per heavy atom. The summed E-state index contributed by atoms with van der Waals surface area (Å²) in [6.45, 7) is 9.46. The van der Waals surface area contributed by atoms with Crippen molar-refractivity contribution in [3.05, 3.63) is 66.5 Å². The summed E-state index contributed by atoms with van der Waals surface area (Å²) < 4.78 is 25.3. The van der Waals surface area contributed by atoms with Crippen LogP contribution in [-0.2, 0) is 38.1 Å². The average Bonchev–Trinajstić information content (AvgIpc) is 2.94. The molecule has 0 bridgehead atoms. The monoisotopic (exact) mass is 592 g/mol. The van der Waals surface area contributed by atoms with Crippen molar-refractivity contribution in [2.45, 2.75) is 26.4 Å². The predicted octanol–water partition coefficient (Wildman–Crippen LogP) is 3.38. The SMILES string of the molecule is C=C(C)C(=O)OCCNC(=O)OCC(CSCCC(=O)O/C=C/c1ccccc1)OC(=O)NCCOC(=O)C(=C)C. The number of carbonyl (C=O) groups excluding carboxylic acids is 5. The molecule has 1 atom stereocenters. The molecule has 0 radical (unpaired) electrons. The number of thioether (sulfide) groups is 1. The first-order valence-corrected chi connectivity index (χ1v) is 13.7. The molecule has 0 saturated carbocycles. The van der Waals surface area contributed by atoms with E-state index < -0.39 is 36.2 Å². The fourth-order valence-electron chi connectivity index (χ4n) is 2.55. The zero-order valence-electron chi connectivity index (χ0n) is 23.2. The van der Waals surface area contributed by atoms with Crippen molar-refractivity contribution >= 4 is 47.9 Å². The molecule has 0 aromatic heterocycles. The molecule has 0 saturated heterocycles. The largest absolute Gasteiger partial charge is 0.460 e. The second-order valence-corrected chi connectivity index (χ2v) is 9.49. The van der Waals surface area contributed by atoms with Gasteiger partial charge in [-0.05, 0) is 25.5 Å². The molecule has 41 heavy (non-hydrogen) atoms. The van der Waals surface area contributed by atoms with Crippen LogP contribution in [0.15, 0.2) is 60.9 Å².